The lowest BCUT2D eigenvalue weighted by Crippen LogP contribution is -2.37. The Balaban J connectivity index is 1.59. The fraction of sp³-hybridized carbons (Fsp3) is 0.300. The van der Waals surface area contributed by atoms with Gasteiger partial charge in [0.2, 0.25) is 12.7 Å². The smallest absolute Gasteiger partial charge is 0.233 e. The van der Waals surface area contributed by atoms with E-state index in [4.69, 9.17) is 14.5 Å². The predicted octanol–water partition coefficient (Wildman–Crippen LogP) is 3.92. The average Bonchev–Trinajstić information content (AvgIpc) is 3.27. The Bertz CT molecular complexity index is 1020. The van der Waals surface area contributed by atoms with Crippen LogP contribution < -0.4 is 14.4 Å². The Morgan fingerprint density at radius 2 is 1.96 bits per heavy atom. The highest BCUT2D eigenvalue weighted by atomic mass is 79.9. The summed E-state index contributed by atoms with van der Waals surface area (Å²) in [6, 6.07) is 11.6. The van der Waals surface area contributed by atoms with Crippen LogP contribution in [-0.2, 0) is 11.2 Å². The molecule has 0 atom stereocenters. The first kappa shape index (κ1) is 19.2. The SMILES string of the molecule is CN(C)CCN(C(=O)Cc1ccc2c(c1)OCO2)c1nc2ccc(Br)cc2s1. The van der Waals surface area contributed by atoms with Crippen LogP contribution in [0.15, 0.2) is 40.9 Å². The van der Waals surface area contributed by atoms with Gasteiger partial charge in [0.15, 0.2) is 16.6 Å². The maximum absolute atomic E-state index is 13.2. The van der Waals surface area contributed by atoms with E-state index in [0.29, 0.717) is 12.3 Å². The van der Waals surface area contributed by atoms with Gasteiger partial charge in [-0.05, 0) is 50.0 Å². The van der Waals surface area contributed by atoms with Crippen LogP contribution in [0.1, 0.15) is 5.56 Å². The molecule has 146 valence electrons. The first-order valence-electron chi connectivity index (χ1n) is 8.89. The van der Waals surface area contributed by atoms with Crippen LogP contribution in [0.5, 0.6) is 11.5 Å². The van der Waals surface area contributed by atoms with Crippen molar-refractivity contribution in [3.05, 3.63) is 46.4 Å². The average molecular weight is 462 g/mol. The molecule has 1 aromatic heterocycles. The molecule has 2 aromatic carbocycles. The zero-order chi connectivity index (χ0) is 19.7. The number of fused-ring (bicyclic) bond motifs is 2. The molecule has 0 spiro atoms. The number of aromatic nitrogens is 1. The Labute approximate surface area is 175 Å². The van der Waals surface area contributed by atoms with E-state index in [0.717, 1.165) is 37.7 Å². The minimum atomic E-state index is 0.0128. The fourth-order valence-electron chi connectivity index (χ4n) is 2.95. The second kappa shape index (κ2) is 8.06. The van der Waals surface area contributed by atoms with E-state index in [9.17, 15) is 4.79 Å². The highest BCUT2D eigenvalue weighted by Gasteiger charge is 2.21. The number of likely N-dealkylation sites (N-methyl/N-ethyl adjacent to an activating group) is 1. The van der Waals surface area contributed by atoms with Crippen LogP contribution in [-0.4, -0.2) is 49.8 Å². The third-order valence-corrected chi connectivity index (χ3v) is 5.97. The second-order valence-corrected chi connectivity index (χ2v) is 8.75. The standard InChI is InChI=1S/C20H20BrN3O3S/c1-23(2)7-8-24(20-22-15-5-4-14(21)11-18(15)28-20)19(25)10-13-3-6-16-17(9-13)27-12-26-16/h3-6,9,11H,7-8,10,12H2,1-2H3. The summed E-state index contributed by atoms with van der Waals surface area (Å²) in [7, 11) is 3.99. The summed E-state index contributed by atoms with van der Waals surface area (Å²) in [6.07, 6.45) is 0.281. The second-order valence-electron chi connectivity index (χ2n) is 6.82. The molecule has 0 radical (unpaired) electrons. The van der Waals surface area contributed by atoms with Crippen molar-refractivity contribution in [2.75, 3.05) is 38.9 Å². The summed E-state index contributed by atoms with van der Waals surface area (Å²) in [6.45, 7) is 1.56. The van der Waals surface area contributed by atoms with Crippen molar-refractivity contribution >= 4 is 48.5 Å². The van der Waals surface area contributed by atoms with E-state index in [-0.39, 0.29) is 19.1 Å². The van der Waals surface area contributed by atoms with Gasteiger partial charge < -0.3 is 14.4 Å². The largest absolute Gasteiger partial charge is 0.454 e. The molecule has 0 unspecified atom stereocenters. The minimum absolute atomic E-state index is 0.0128. The van der Waals surface area contributed by atoms with E-state index < -0.39 is 0 Å². The van der Waals surface area contributed by atoms with E-state index in [1.807, 2.05) is 50.5 Å². The molecule has 28 heavy (non-hydrogen) atoms. The predicted molar refractivity (Wildman–Crippen MR) is 114 cm³/mol. The number of nitrogens with zero attached hydrogens (tertiary/aromatic N) is 3. The summed E-state index contributed by atoms with van der Waals surface area (Å²) in [5, 5.41) is 0.723. The van der Waals surface area contributed by atoms with E-state index in [1.165, 1.54) is 11.3 Å². The number of hydrogen-bond donors (Lipinski definition) is 0. The van der Waals surface area contributed by atoms with Crippen molar-refractivity contribution in [3.8, 4) is 11.5 Å². The summed E-state index contributed by atoms with van der Waals surface area (Å²) in [4.78, 5) is 21.7. The molecule has 6 nitrogen and oxygen atoms in total. The van der Waals surface area contributed by atoms with Crippen LogP contribution in [0.3, 0.4) is 0 Å². The maximum atomic E-state index is 13.2. The van der Waals surface area contributed by atoms with Crippen molar-refractivity contribution in [1.82, 2.24) is 9.88 Å². The number of carbonyl (C=O) groups excluding carboxylic acids is 1. The monoisotopic (exact) mass is 461 g/mol. The van der Waals surface area contributed by atoms with E-state index >= 15 is 0 Å². The number of hydrogen-bond acceptors (Lipinski definition) is 6. The molecule has 3 aromatic rings. The lowest BCUT2D eigenvalue weighted by atomic mass is 10.1. The first-order chi connectivity index (χ1) is 13.5. The quantitative estimate of drug-likeness (QED) is 0.556. The Kier molecular flexibility index (Phi) is 5.52. The van der Waals surface area contributed by atoms with Gasteiger partial charge in [0.05, 0.1) is 16.6 Å². The molecule has 0 saturated heterocycles. The number of halogens is 1. The molecule has 0 fully saturated rings. The van der Waals surface area contributed by atoms with Crippen molar-refractivity contribution in [1.29, 1.82) is 0 Å². The molecule has 1 aliphatic heterocycles. The maximum Gasteiger partial charge on any atom is 0.233 e. The summed E-state index contributed by atoms with van der Waals surface area (Å²) in [5.41, 5.74) is 1.79. The number of rotatable bonds is 6. The lowest BCUT2D eigenvalue weighted by Gasteiger charge is -2.22. The number of anilines is 1. The fourth-order valence-corrected chi connectivity index (χ4v) is 4.51. The summed E-state index contributed by atoms with van der Waals surface area (Å²) in [5.74, 6) is 1.42. The zero-order valence-electron chi connectivity index (χ0n) is 15.6. The minimum Gasteiger partial charge on any atom is -0.454 e. The van der Waals surface area contributed by atoms with Crippen LogP contribution >= 0.6 is 27.3 Å². The Morgan fingerprint density at radius 1 is 1.14 bits per heavy atom. The van der Waals surface area contributed by atoms with Crippen molar-refractivity contribution in [2.24, 2.45) is 0 Å². The van der Waals surface area contributed by atoms with Crippen LogP contribution in [0, 0.1) is 0 Å². The summed E-state index contributed by atoms with van der Waals surface area (Å²) < 4.78 is 12.8. The molecular weight excluding hydrogens is 442 g/mol. The van der Waals surface area contributed by atoms with Crippen LogP contribution in [0.4, 0.5) is 5.13 Å². The topological polar surface area (TPSA) is 54.9 Å². The molecule has 4 rings (SSSR count). The number of thiazole rings is 1. The number of benzene rings is 2. The van der Waals surface area contributed by atoms with Gasteiger partial charge in [-0.2, -0.15) is 0 Å². The van der Waals surface area contributed by atoms with Gasteiger partial charge in [-0.3, -0.25) is 9.69 Å². The lowest BCUT2D eigenvalue weighted by molar-refractivity contribution is -0.118. The first-order valence-corrected chi connectivity index (χ1v) is 10.5. The van der Waals surface area contributed by atoms with Gasteiger partial charge >= 0.3 is 0 Å². The summed E-state index contributed by atoms with van der Waals surface area (Å²) >= 11 is 5.03. The Morgan fingerprint density at radius 3 is 2.79 bits per heavy atom. The normalized spacial score (nSPS) is 12.7. The zero-order valence-corrected chi connectivity index (χ0v) is 18.0. The molecule has 0 bridgehead atoms. The third kappa shape index (κ3) is 4.14. The van der Waals surface area contributed by atoms with Crippen LogP contribution in [0.25, 0.3) is 10.2 Å². The van der Waals surface area contributed by atoms with Gasteiger partial charge in [-0.1, -0.05) is 33.3 Å². The molecule has 1 aliphatic rings. The van der Waals surface area contributed by atoms with Crippen LogP contribution in [0.2, 0.25) is 0 Å². The third-order valence-electron chi connectivity index (χ3n) is 4.43. The van der Waals surface area contributed by atoms with Crippen molar-refractivity contribution in [3.63, 3.8) is 0 Å². The van der Waals surface area contributed by atoms with Gasteiger partial charge in [-0.15, -0.1) is 0 Å². The van der Waals surface area contributed by atoms with Crippen molar-refractivity contribution < 1.29 is 14.3 Å². The molecule has 0 N–H and O–H groups in total. The number of amides is 1. The highest BCUT2D eigenvalue weighted by molar-refractivity contribution is 9.10. The molecule has 8 heteroatoms. The molecular formula is C20H20BrN3O3S. The number of ether oxygens (including phenoxy) is 2. The van der Waals surface area contributed by atoms with Gasteiger partial charge in [0.25, 0.3) is 0 Å². The molecule has 0 aliphatic carbocycles. The van der Waals surface area contributed by atoms with Crippen molar-refractivity contribution in [2.45, 2.75) is 6.42 Å². The van der Waals surface area contributed by atoms with Gasteiger partial charge in [0.1, 0.15) is 0 Å². The molecule has 2 heterocycles. The van der Waals surface area contributed by atoms with E-state index in [1.54, 1.807) is 4.90 Å². The van der Waals surface area contributed by atoms with Gasteiger partial charge in [0, 0.05) is 17.6 Å². The molecule has 0 saturated carbocycles. The number of carbonyl (C=O) groups is 1. The van der Waals surface area contributed by atoms with E-state index in [2.05, 4.69) is 20.8 Å². The highest BCUT2D eigenvalue weighted by Crippen LogP contribution is 2.34. The van der Waals surface area contributed by atoms with Gasteiger partial charge in [-0.25, -0.2) is 4.98 Å². The Hall–Kier alpha value is -2.16. The molecule has 1 amide bonds.